The number of rotatable bonds is 1. The van der Waals surface area contributed by atoms with E-state index >= 15 is 0 Å². The molecule has 74 valence electrons. The molecule has 3 atom stereocenters. The van der Waals surface area contributed by atoms with Crippen molar-refractivity contribution in [1.29, 1.82) is 0 Å². The number of thioether (sulfide) groups is 1. The van der Waals surface area contributed by atoms with Gasteiger partial charge < -0.3 is 0 Å². The van der Waals surface area contributed by atoms with E-state index < -0.39 is 0 Å². The van der Waals surface area contributed by atoms with Gasteiger partial charge >= 0.3 is 0 Å². The third-order valence-corrected chi connectivity index (χ3v) is 5.82. The van der Waals surface area contributed by atoms with Crippen LogP contribution in [0.4, 0.5) is 0 Å². The molecule has 1 aliphatic carbocycles. The molecule has 2 aliphatic rings. The molecule has 1 saturated carbocycles. The SMILES string of the molecule is CC1CCCC12SC2c1ccccc1. The van der Waals surface area contributed by atoms with Gasteiger partial charge in [0, 0.05) is 10.00 Å². The van der Waals surface area contributed by atoms with Gasteiger partial charge in [0.15, 0.2) is 0 Å². The lowest BCUT2D eigenvalue weighted by Crippen LogP contribution is -2.13. The van der Waals surface area contributed by atoms with Crippen LogP contribution < -0.4 is 0 Å². The second-order valence-corrected chi connectivity index (χ2v) is 6.12. The van der Waals surface area contributed by atoms with Gasteiger partial charge in [-0.15, -0.1) is 11.8 Å². The maximum atomic E-state index is 2.43. The summed E-state index contributed by atoms with van der Waals surface area (Å²) in [6.45, 7) is 2.43. The summed E-state index contributed by atoms with van der Waals surface area (Å²) in [5.74, 6) is 0.928. The largest absolute Gasteiger partial charge is 0.144 e. The Labute approximate surface area is 90.1 Å². The molecule has 0 amide bonds. The molecule has 1 aliphatic heterocycles. The van der Waals surface area contributed by atoms with Crippen molar-refractivity contribution in [2.75, 3.05) is 0 Å². The summed E-state index contributed by atoms with van der Waals surface area (Å²) in [4.78, 5) is 0. The van der Waals surface area contributed by atoms with E-state index in [9.17, 15) is 0 Å². The zero-order valence-electron chi connectivity index (χ0n) is 8.57. The number of hydrogen-bond acceptors (Lipinski definition) is 1. The van der Waals surface area contributed by atoms with Gasteiger partial charge in [-0.05, 0) is 24.3 Å². The van der Waals surface area contributed by atoms with Crippen LogP contribution in [0.2, 0.25) is 0 Å². The first-order valence-corrected chi connectivity index (χ1v) is 6.44. The summed E-state index contributed by atoms with van der Waals surface area (Å²) in [5, 5.41) is 0.807. The van der Waals surface area contributed by atoms with Crippen molar-refractivity contribution in [3.63, 3.8) is 0 Å². The minimum atomic E-state index is 0.640. The van der Waals surface area contributed by atoms with Crippen molar-refractivity contribution >= 4 is 11.8 Å². The highest BCUT2D eigenvalue weighted by atomic mass is 32.2. The zero-order valence-corrected chi connectivity index (χ0v) is 9.39. The Hall–Kier alpha value is -0.430. The Bertz CT molecular complexity index is 332. The lowest BCUT2D eigenvalue weighted by Gasteiger charge is -2.12. The van der Waals surface area contributed by atoms with Gasteiger partial charge in [0.05, 0.1) is 0 Å². The zero-order chi connectivity index (χ0) is 9.60. The van der Waals surface area contributed by atoms with Gasteiger partial charge in [-0.25, -0.2) is 0 Å². The molecule has 3 rings (SSSR count). The minimum absolute atomic E-state index is 0.640. The lowest BCUT2D eigenvalue weighted by atomic mass is 9.91. The van der Waals surface area contributed by atoms with Crippen LogP contribution in [-0.2, 0) is 0 Å². The second kappa shape index (κ2) is 3.03. The maximum absolute atomic E-state index is 2.43. The van der Waals surface area contributed by atoms with Crippen LogP contribution in [0.3, 0.4) is 0 Å². The van der Waals surface area contributed by atoms with Crippen LogP contribution in [-0.4, -0.2) is 4.75 Å². The molecule has 2 fully saturated rings. The lowest BCUT2D eigenvalue weighted by molar-refractivity contribution is 0.512. The molecule has 0 aromatic heterocycles. The molecule has 1 heterocycles. The average Bonchev–Trinajstić information content (AvgIpc) is 2.84. The average molecular weight is 204 g/mol. The van der Waals surface area contributed by atoms with Crippen molar-refractivity contribution in [2.24, 2.45) is 5.92 Å². The van der Waals surface area contributed by atoms with E-state index in [-0.39, 0.29) is 0 Å². The Morgan fingerprint density at radius 3 is 2.71 bits per heavy atom. The van der Waals surface area contributed by atoms with Crippen LogP contribution >= 0.6 is 11.8 Å². The maximum Gasteiger partial charge on any atom is 0.0453 e. The molecule has 1 aromatic carbocycles. The Kier molecular flexibility index (Phi) is 1.91. The van der Waals surface area contributed by atoms with E-state index in [1.54, 1.807) is 5.56 Å². The first kappa shape index (κ1) is 8.84. The van der Waals surface area contributed by atoms with Crippen LogP contribution in [0.1, 0.15) is 37.0 Å². The van der Waals surface area contributed by atoms with E-state index in [1.165, 1.54) is 19.3 Å². The normalized spacial score (nSPS) is 40.4. The fourth-order valence-corrected chi connectivity index (χ4v) is 4.67. The highest BCUT2D eigenvalue weighted by Crippen LogP contribution is 2.73. The second-order valence-electron chi connectivity index (χ2n) is 4.66. The van der Waals surface area contributed by atoms with E-state index in [2.05, 4.69) is 49.0 Å². The summed E-state index contributed by atoms with van der Waals surface area (Å²) < 4.78 is 0.640. The van der Waals surface area contributed by atoms with Crippen molar-refractivity contribution in [2.45, 2.75) is 36.2 Å². The molecule has 3 unspecified atom stereocenters. The molecule has 1 spiro atoms. The topological polar surface area (TPSA) is 0 Å². The summed E-state index contributed by atoms with van der Waals surface area (Å²) >= 11 is 2.21. The van der Waals surface area contributed by atoms with Gasteiger partial charge in [-0.1, -0.05) is 43.7 Å². The monoisotopic (exact) mass is 204 g/mol. The molecule has 0 bridgehead atoms. The quantitative estimate of drug-likeness (QED) is 0.622. The first-order valence-electron chi connectivity index (χ1n) is 5.56. The fraction of sp³-hybridized carbons (Fsp3) is 0.538. The van der Waals surface area contributed by atoms with Crippen molar-refractivity contribution in [3.8, 4) is 0 Å². The highest BCUT2D eigenvalue weighted by molar-refractivity contribution is 8.08. The van der Waals surface area contributed by atoms with Gasteiger partial charge in [0.2, 0.25) is 0 Å². The predicted octanol–water partition coefficient (Wildman–Crippen LogP) is 4.03. The van der Waals surface area contributed by atoms with Crippen LogP contribution in [0.15, 0.2) is 30.3 Å². The molecule has 1 saturated heterocycles. The van der Waals surface area contributed by atoms with E-state index in [4.69, 9.17) is 0 Å². The summed E-state index contributed by atoms with van der Waals surface area (Å²) in [6.07, 6.45) is 4.33. The smallest absolute Gasteiger partial charge is 0.0453 e. The summed E-state index contributed by atoms with van der Waals surface area (Å²) in [5.41, 5.74) is 1.55. The van der Waals surface area contributed by atoms with Gasteiger partial charge in [0.25, 0.3) is 0 Å². The molecule has 0 radical (unpaired) electrons. The molecule has 0 nitrogen and oxygen atoms in total. The number of hydrogen-bond donors (Lipinski definition) is 0. The Morgan fingerprint density at radius 1 is 1.29 bits per heavy atom. The fourth-order valence-electron chi connectivity index (χ4n) is 2.90. The third kappa shape index (κ3) is 1.15. The third-order valence-electron chi connectivity index (χ3n) is 3.86. The first-order chi connectivity index (χ1) is 6.83. The van der Waals surface area contributed by atoms with E-state index in [0.717, 1.165) is 11.2 Å². The molecule has 14 heavy (non-hydrogen) atoms. The Balaban J connectivity index is 1.85. The van der Waals surface area contributed by atoms with Crippen molar-refractivity contribution in [3.05, 3.63) is 35.9 Å². The molecule has 0 N–H and O–H groups in total. The number of benzene rings is 1. The predicted molar refractivity (Wildman–Crippen MR) is 62.5 cm³/mol. The van der Waals surface area contributed by atoms with Crippen LogP contribution in [0, 0.1) is 5.92 Å². The van der Waals surface area contributed by atoms with Crippen LogP contribution in [0.25, 0.3) is 0 Å². The summed E-state index contributed by atoms with van der Waals surface area (Å²) in [7, 11) is 0. The van der Waals surface area contributed by atoms with E-state index in [1.807, 2.05) is 0 Å². The van der Waals surface area contributed by atoms with Gasteiger partial charge in [-0.3, -0.25) is 0 Å². The minimum Gasteiger partial charge on any atom is -0.144 e. The Morgan fingerprint density at radius 2 is 2.07 bits per heavy atom. The van der Waals surface area contributed by atoms with E-state index in [0.29, 0.717) is 4.75 Å². The van der Waals surface area contributed by atoms with Gasteiger partial charge in [0.1, 0.15) is 0 Å². The molecular weight excluding hydrogens is 188 g/mol. The standard InChI is InChI=1S/C13H16S/c1-10-6-5-9-13(10)12(14-13)11-7-3-2-4-8-11/h2-4,7-8,10,12H,5-6,9H2,1H3. The van der Waals surface area contributed by atoms with Crippen molar-refractivity contribution < 1.29 is 0 Å². The molecule has 1 aromatic rings. The summed E-state index contributed by atoms with van der Waals surface area (Å²) in [6, 6.07) is 11.0. The van der Waals surface area contributed by atoms with Gasteiger partial charge in [-0.2, -0.15) is 0 Å². The molecule has 1 heteroatoms. The van der Waals surface area contributed by atoms with Crippen molar-refractivity contribution in [1.82, 2.24) is 0 Å². The van der Waals surface area contributed by atoms with Crippen LogP contribution in [0.5, 0.6) is 0 Å². The molecular formula is C13H16S. The highest BCUT2D eigenvalue weighted by Gasteiger charge is 2.60.